The SMILES string of the molecule is CCNC(=NCCc1cnn(-c2ccccc2)c1)N1CCC(c2ccccc2)C1.I. The standard InChI is InChI=1S/C24H29N5.HI/c1-2-25-24(28-16-14-22(19-28)21-9-5-3-6-10-21)26-15-13-20-17-27-29(18-20)23-11-7-4-8-12-23;/h3-12,17-18,22H,2,13-16,19H2,1H3,(H,25,26);1H. The topological polar surface area (TPSA) is 45.5 Å². The Morgan fingerprint density at radius 2 is 1.83 bits per heavy atom. The predicted molar refractivity (Wildman–Crippen MR) is 134 cm³/mol. The Morgan fingerprint density at radius 3 is 2.57 bits per heavy atom. The molecule has 1 aliphatic heterocycles. The molecule has 1 aliphatic rings. The molecule has 4 rings (SSSR count). The van der Waals surface area contributed by atoms with Crippen LogP contribution in [0.1, 0.15) is 30.4 Å². The van der Waals surface area contributed by atoms with Crippen LogP contribution in [0.15, 0.2) is 78.0 Å². The van der Waals surface area contributed by atoms with E-state index in [-0.39, 0.29) is 24.0 Å². The van der Waals surface area contributed by atoms with Crippen molar-refractivity contribution in [1.82, 2.24) is 20.0 Å². The molecule has 0 amide bonds. The molecule has 30 heavy (non-hydrogen) atoms. The number of para-hydroxylation sites is 1. The summed E-state index contributed by atoms with van der Waals surface area (Å²) in [6.07, 6.45) is 6.10. The van der Waals surface area contributed by atoms with Crippen molar-refractivity contribution >= 4 is 29.9 Å². The number of benzene rings is 2. The van der Waals surface area contributed by atoms with E-state index < -0.39 is 0 Å². The largest absolute Gasteiger partial charge is 0.357 e. The Labute approximate surface area is 196 Å². The van der Waals surface area contributed by atoms with Gasteiger partial charge in [0.1, 0.15) is 0 Å². The second-order valence-electron chi connectivity index (χ2n) is 7.46. The van der Waals surface area contributed by atoms with Crippen LogP contribution in [0.4, 0.5) is 0 Å². The fourth-order valence-electron chi connectivity index (χ4n) is 3.88. The summed E-state index contributed by atoms with van der Waals surface area (Å²) in [7, 11) is 0. The van der Waals surface area contributed by atoms with Crippen molar-refractivity contribution in [1.29, 1.82) is 0 Å². The minimum absolute atomic E-state index is 0. The number of nitrogens with zero attached hydrogens (tertiary/aromatic N) is 4. The van der Waals surface area contributed by atoms with Gasteiger partial charge in [0.2, 0.25) is 0 Å². The lowest BCUT2D eigenvalue weighted by atomic mass is 9.99. The lowest BCUT2D eigenvalue weighted by Gasteiger charge is -2.21. The van der Waals surface area contributed by atoms with Gasteiger partial charge >= 0.3 is 0 Å². The second kappa shape index (κ2) is 11.2. The van der Waals surface area contributed by atoms with E-state index in [2.05, 4.69) is 70.9 Å². The maximum absolute atomic E-state index is 4.90. The highest BCUT2D eigenvalue weighted by Gasteiger charge is 2.25. The highest BCUT2D eigenvalue weighted by molar-refractivity contribution is 14.0. The number of likely N-dealkylation sites (tertiary alicyclic amines) is 1. The monoisotopic (exact) mass is 515 g/mol. The van der Waals surface area contributed by atoms with E-state index in [0.717, 1.165) is 44.2 Å². The highest BCUT2D eigenvalue weighted by Crippen LogP contribution is 2.26. The minimum Gasteiger partial charge on any atom is -0.357 e. The smallest absolute Gasteiger partial charge is 0.193 e. The van der Waals surface area contributed by atoms with Crippen LogP contribution < -0.4 is 5.32 Å². The molecule has 1 aromatic heterocycles. The highest BCUT2D eigenvalue weighted by atomic mass is 127. The molecule has 0 radical (unpaired) electrons. The van der Waals surface area contributed by atoms with Gasteiger partial charge in [-0.05, 0) is 43.0 Å². The molecule has 6 heteroatoms. The molecule has 2 heterocycles. The van der Waals surface area contributed by atoms with Crippen LogP contribution >= 0.6 is 24.0 Å². The summed E-state index contributed by atoms with van der Waals surface area (Å²) in [5.41, 5.74) is 3.72. The van der Waals surface area contributed by atoms with Crippen molar-refractivity contribution < 1.29 is 0 Å². The summed E-state index contributed by atoms with van der Waals surface area (Å²) >= 11 is 0. The molecule has 5 nitrogen and oxygen atoms in total. The molecule has 2 aromatic carbocycles. The number of halogens is 1. The average molecular weight is 515 g/mol. The van der Waals surface area contributed by atoms with E-state index in [0.29, 0.717) is 5.92 Å². The van der Waals surface area contributed by atoms with E-state index >= 15 is 0 Å². The van der Waals surface area contributed by atoms with Gasteiger partial charge in [0.05, 0.1) is 11.9 Å². The van der Waals surface area contributed by atoms with Crippen molar-refractivity contribution in [3.05, 3.63) is 84.2 Å². The van der Waals surface area contributed by atoms with Gasteiger partial charge in [-0.25, -0.2) is 4.68 Å². The zero-order valence-electron chi connectivity index (χ0n) is 17.4. The average Bonchev–Trinajstić information content (AvgIpc) is 3.45. The predicted octanol–water partition coefficient (Wildman–Crippen LogP) is 4.49. The number of hydrogen-bond acceptors (Lipinski definition) is 2. The summed E-state index contributed by atoms with van der Waals surface area (Å²) in [6.45, 7) is 5.86. The van der Waals surface area contributed by atoms with Gasteiger partial charge in [0, 0.05) is 38.3 Å². The first-order valence-electron chi connectivity index (χ1n) is 10.5. The zero-order chi connectivity index (χ0) is 19.9. The third-order valence-electron chi connectivity index (χ3n) is 5.41. The molecule has 1 atom stereocenters. The Bertz CT molecular complexity index is 923. The summed E-state index contributed by atoms with van der Waals surface area (Å²) in [6, 6.07) is 21.0. The third-order valence-corrected chi connectivity index (χ3v) is 5.41. The normalized spacial score (nSPS) is 16.4. The molecule has 0 spiro atoms. The van der Waals surface area contributed by atoms with Crippen molar-refractivity contribution in [2.24, 2.45) is 4.99 Å². The quantitative estimate of drug-likeness (QED) is 0.299. The van der Waals surface area contributed by atoms with Crippen LogP contribution in [-0.4, -0.2) is 46.8 Å². The van der Waals surface area contributed by atoms with Gasteiger partial charge in [-0.2, -0.15) is 5.10 Å². The molecular formula is C24H30IN5. The van der Waals surface area contributed by atoms with E-state index in [4.69, 9.17) is 4.99 Å². The van der Waals surface area contributed by atoms with E-state index in [1.165, 1.54) is 17.5 Å². The molecule has 0 aliphatic carbocycles. The summed E-state index contributed by atoms with van der Waals surface area (Å²) < 4.78 is 1.93. The van der Waals surface area contributed by atoms with Gasteiger partial charge in [-0.3, -0.25) is 4.99 Å². The number of guanidine groups is 1. The lowest BCUT2D eigenvalue weighted by molar-refractivity contribution is 0.486. The van der Waals surface area contributed by atoms with E-state index in [1.807, 2.05) is 29.1 Å². The fraction of sp³-hybridized carbons (Fsp3) is 0.333. The summed E-state index contributed by atoms with van der Waals surface area (Å²) in [4.78, 5) is 7.29. The van der Waals surface area contributed by atoms with Crippen molar-refractivity contribution in [3.8, 4) is 5.69 Å². The summed E-state index contributed by atoms with van der Waals surface area (Å²) in [5, 5.41) is 7.95. The van der Waals surface area contributed by atoms with Gasteiger partial charge in [0.15, 0.2) is 5.96 Å². The molecule has 158 valence electrons. The second-order valence-corrected chi connectivity index (χ2v) is 7.46. The third kappa shape index (κ3) is 5.62. The number of nitrogens with one attached hydrogen (secondary N) is 1. The molecule has 0 saturated carbocycles. The van der Waals surface area contributed by atoms with Crippen LogP contribution in [0, 0.1) is 0 Å². The fourth-order valence-corrected chi connectivity index (χ4v) is 3.88. The molecule has 1 N–H and O–H groups in total. The first-order valence-corrected chi connectivity index (χ1v) is 10.5. The van der Waals surface area contributed by atoms with E-state index in [1.54, 1.807) is 0 Å². The Hall–Kier alpha value is -2.35. The van der Waals surface area contributed by atoms with Gasteiger partial charge in [-0.1, -0.05) is 48.5 Å². The Kier molecular flexibility index (Phi) is 8.30. The molecule has 1 saturated heterocycles. The summed E-state index contributed by atoms with van der Waals surface area (Å²) in [5.74, 6) is 1.62. The number of hydrogen-bond donors (Lipinski definition) is 1. The first kappa shape index (κ1) is 22.3. The Balaban J connectivity index is 0.00000256. The van der Waals surface area contributed by atoms with Crippen LogP contribution in [-0.2, 0) is 6.42 Å². The Morgan fingerprint density at radius 1 is 1.10 bits per heavy atom. The van der Waals surface area contributed by atoms with Gasteiger partial charge in [0.25, 0.3) is 0 Å². The maximum atomic E-state index is 4.90. The first-order chi connectivity index (χ1) is 14.3. The molecule has 3 aromatic rings. The number of rotatable bonds is 6. The molecule has 0 bridgehead atoms. The van der Waals surface area contributed by atoms with Gasteiger partial charge < -0.3 is 10.2 Å². The van der Waals surface area contributed by atoms with Crippen LogP contribution in [0.3, 0.4) is 0 Å². The van der Waals surface area contributed by atoms with Crippen molar-refractivity contribution in [2.75, 3.05) is 26.2 Å². The number of aliphatic imine (C=N–C) groups is 1. The van der Waals surface area contributed by atoms with Crippen LogP contribution in [0.25, 0.3) is 5.69 Å². The molecular weight excluding hydrogens is 485 g/mol. The molecule has 1 unspecified atom stereocenters. The van der Waals surface area contributed by atoms with Gasteiger partial charge in [-0.15, -0.1) is 24.0 Å². The molecule has 1 fully saturated rings. The number of aromatic nitrogens is 2. The van der Waals surface area contributed by atoms with E-state index in [9.17, 15) is 0 Å². The van der Waals surface area contributed by atoms with Crippen molar-refractivity contribution in [3.63, 3.8) is 0 Å². The van der Waals surface area contributed by atoms with Crippen LogP contribution in [0.2, 0.25) is 0 Å². The lowest BCUT2D eigenvalue weighted by Crippen LogP contribution is -2.40. The van der Waals surface area contributed by atoms with Crippen molar-refractivity contribution in [2.45, 2.75) is 25.7 Å². The minimum atomic E-state index is 0. The van der Waals surface area contributed by atoms with Crippen LogP contribution in [0.5, 0.6) is 0 Å². The maximum Gasteiger partial charge on any atom is 0.193 e. The zero-order valence-corrected chi connectivity index (χ0v) is 19.8.